The Hall–Kier alpha value is -1.12. The van der Waals surface area contributed by atoms with Crippen molar-refractivity contribution >= 4 is 11.8 Å². The summed E-state index contributed by atoms with van der Waals surface area (Å²) in [6.07, 6.45) is 5.67. The molecule has 94 valence electrons. The number of ether oxygens (including phenoxy) is 1. The van der Waals surface area contributed by atoms with Crippen LogP contribution < -0.4 is 0 Å². The lowest BCUT2D eigenvalue weighted by Gasteiger charge is -2.47. The maximum Gasteiger partial charge on any atom is 0.315 e. The Morgan fingerprint density at radius 2 is 2.00 bits per heavy atom. The number of fused-ring (bicyclic) bond motifs is 1. The predicted molar refractivity (Wildman–Crippen MR) is 64.4 cm³/mol. The fraction of sp³-hybridized carbons (Fsp3) is 0.714. The monoisotopic (exact) mass is 236 g/mol. The molecule has 0 aromatic rings. The van der Waals surface area contributed by atoms with E-state index in [4.69, 9.17) is 4.74 Å². The van der Waals surface area contributed by atoms with Gasteiger partial charge in [0.2, 0.25) is 0 Å². The van der Waals surface area contributed by atoms with Crippen LogP contribution in [0.5, 0.6) is 0 Å². The largest absolute Gasteiger partial charge is 0.468 e. The zero-order valence-corrected chi connectivity index (χ0v) is 10.8. The lowest BCUT2D eigenvalue weighted by molar-refractivity contribution is -0.153. The van der Waals surface area contributed by atoms with Gasteiger partial charge in [-0.15, -0.1) is 0 Å². The molecule has 0 spiro atoms. The van der Waals surface area contributed by atoms with Crippen LogP contribution in [0.2, 0.25) is 0 Å². The van der Waals surface area contributed by atoms with Gasteiger partial charge in [-0.1, -0.05) is 20.3 Å². The van der Waals surface area contributed by atoms with Crippen molar-refractivity contribution in [1.82, 2.24) is 0 Å². The SMILES string of the molecule is COC(=O)C12CCCC(C)(C)C1=CC(=O)CC2. The molecular weight excluding hydrogens is 216 g/mol. The topological polar surface area (TPSA) is 43.4 Å². The highest BCUT2D eigenvalue weighted by Crippen LogP contribution is 2.55. The zero-order valence-electron chi connectivity index (χ0n) is 10.8. The quantitative estimate of drug-likeness (QED) is 0.657. The van der Waals surface area contributed by atoms with Crippen molar-refractivity contribution in [3.63, 3.8) is 0 Å². The van der Waals surface area contributed by atoms with Gasteiger partial charge in [-0.3, -0.25) is 9.59 Å². The lowest BCUT2D eigenvalue weighted by atomic mass is 9.56. The molecule has 2 aliphatic carbocycles. The van der Waals surface area contributed by atoms with Crippen LogP contribution in [0.1, 0.15) is 46.0 Å². The maximum absolute atomic E-state index is 12.1. The van der Waals surface area contributed by atoms with E-state index in [1.54, 1.807) is 6.08 Å². The number of allylic oxidation sites excluding steroid dienone is 1. The average molecular weight is 236 g/mol. The molecule has 0 N–H and O–H groups in total. The molecular formula is C14H20O3. The zero-order chi connectivity index (χ0) is 12.7. The lowest BCUT2D eigenvalue weighted by Crippen LogP contribution is -2.45. The summed E-state index contributed by atoms with van der Waals surface area (Å²) in [5.41, 5.74) is 0.409. The Morgan fingerprint density at radius 3 is 2.65 bits per heavy atom. The minimum Gasteiger partial charge on any atom is -0.468 e. The van der Waals surface area contributed by atoms with Crippen molar-refractivity contribution in [1.29, 1.82) is 0 Å². The molecule has 0 aromatic heterocycles. The molecule has 0 radical (unpaired) electrons. The number of carbonyl (C=O) groups is 2. The molecule has 2 rings (SSSR count). The van der Waals surface area contributed by atoms with Crippen LogP contribution in [-0.2, 0) is 14.3 Å². The number of methoxy groups -OCH3 is 1. The van der Waals surface area contributed by atoms with E-state index in [0.29, 0.717) is 12.8 Å². The molecule has 0 saturated heterocycles. The minimum atomic E-state index is -0.523. The van der Waals surface area contributed by atoms with Gasteiger partial charge in [0.1, 0.15) is 0 Å². The van der Waals surface area contributed by atoms with Gasteiger partial charge in [-0.25, -0.2) is 0 Å². The van der Waals surface area contributed by atoms with E-state index in [1.807, 2.05) is 0 Å². The van der Waals surface area contributed by atoms with Crippen molar-refractivity contribution in [2.75, 3.05) is 7.11 Å². The Kier molecular flexibility index (Phi) is 2.88. The third-order valence-electron chi connectivity index (χ3n) is 4.33. The van der Waals surface area contributed by atoms with Crippen LogP contribution in [-0.4, -0.2) is 18.9 Å². The Labute approximate surface area is 102 Å². The maximum atomic E-state index is 12.1. The van der Waals surface area contributed by atoms with Gasteiger partial charge in [0.05, 0.1) is 12.5 Å². The average Bonchev–Trinajstić information content (AvgIpc) is 2.29. The summed E-state index contributed by atoms with van der Waals surface area (Å²) in [5.74, 6) is -0.0153. The molecule has 2 aliphatic rings. The van der Waals surface area contributed by atoms with Gasteiger partial charge in [-0.2, -0.15) is 0 Å². The van der Waals surface area contributed by atoms with E-state index < -0.39 is 5.41 Å². The summed E-state index contributed by atoms with van der Waals surface area (Å²) < 4.78 is 4.99. The molecule has 0 bridgehead atoms. The minimum absolute atomic E-state index is 0.0669. The van der Waals surface area contributed by atoms with E-state index in [-0.39, 0.29) is 17.2 Å². The Morgan fingerprint density at radius 1 is 1.29 bits per heavy atom. The molecule has 0 aromatic carbocycles. The van der Waals surface area contributed by atoms with Gasteiger partial charge in [-0.05, 0) is 36.3 Å². The first kappa shape index (κ1) is 12.3. The van der Waals surface area contributed by atoms with Crippen LogP contribution in [0, 0.1) is 10.8 Å². The first-order valence-electron chi connectivity index (χ1n) is 6.26. The number of ketones is 1. The normalized spacial score (nSPS) is 31.5. The smallest absolute Gasteiger partial charge is 0.315 e. The fourth-order valence-corrected chi connectivity index (χ4v) is 3.42. The van der Waals surface area contributed by atoms with E-state index in [2.05, 4.69) is 13.8 Å². The van der Waals surface area contributed by atoms with Gasteiger partial charge in [0.25, 0.3) is 0 Å². The van der Waals surface area contributed by atoms with E-state index >= 15 is 0 Å². The second-order valence-electron chi connectivity index (χ2n) is 5.84. The fourth-order valence-electron chi connectivity index (χ4n) is 3.42. The summed E-state index contributed by atoms with van der Waals surface area (Å²) in [4.78, 5) is 23.8. The molecule has 1 unspecified atom stereocenters. The van der Waals surface area contributed by atoms with E-state index in [0.717, 1.165) is 24.8 Å². The van der Waals surface area contributed by atoms with Crippen molar-refractivity contribution in [3.05, 3.63) is 11.6 Å². The van der Waals surface area contributed by atoms with Crippen molar-refractivity contribution < 1.29 is 14.3 Å². The molecule has 1 atom stereocenters. The number of esters is 1. The molecule has 0 amide bonds. The summed E-state index contributed by atoms with van der Waals surface area (Å²) in [6.45, 7) is 4.24. The van der Waals surface area contributed by atoms with Crippen molar-refractivity contribution in [2.24, 2.45) is 10.8 Å². The summed E-state index contributed by atoms with van der Waals surface area (Å²) >= 11 is 0. The molecule has 0 aliphatic heterocycles. The highest BCUT2D eigenvalue weighted by molar-refractivity contribution is 5.95. The molecule has 3 heteroatoms. The standard InChI is InChI=1S/C14H20O3/c1-13(2)6-4-7-14(12(16)17-3)8-5-10(15)9-11(13)14/h9H,4-8H2,1-3H3. The van der Waals surface area contributed by atoms with E-state index in [9.17, 15) is 9.59 Å². The number of carbonyl (C=O) groups excluding carboxylic acids is 2. The molecule has 0 heterocycles. The molecule has 17 heavy (non-hydrogen) atoms. The van der Waals surface area contributed by atoms with E-state index in [1.165, 1.54) is 7.11 Å². The third-order valence-corrected chi connectivity index (χ3v) is 4.33. The van der Waals surface area contributed by atoms with Crippen LogP contribution in [0.3, 0.4) is 0 Å². The first-order chi connectivity index (χ1) is 7.92. The van der Waals surface area contributed by atoms with Gasteiger partial charge >= 0.3 is 5.97 Å². The van der Waals surface area contributed by atoms with Gasteiger partial charge in [0, 0.05) is 6.42 Å². The summed E-state index contributed by atoms with van der Waals surface area (Å²) in [5, 5.41) is 0. The predicted octanol–water partition coefficient (Wildman–Crippen LogP) is 2.65. The Bertz CT molecular complexity index is 392. The van der Waals surface area contributed by atoms with Gasteiger partial charge < -0.3 is 4.74 Å². The number of hydrogen-bond donors (Lipinski definition) is 0. The van der Waals surface area contributed by atoms with Crippen LogP contribution in [0.25, 0.3) is 0 Å². The molecule has 1 fully saturated rings. The summed E-state index contributed by atoms with van der Waals surface area (Å²) in [7, 11) is 1.44. The second kappa shape index (κ2) is 3.97. The van der Waals surface area contributed by atoms with Crippen molar-refractivity contribution in [3.8, 4) is 0 Å². The highest BCUT2D eigenvalue weighted by Gasteiger charge is 2.52. The van der Waals surface area contributed by atoms with Crippen LogP contribution >= 0.6 is 0 Å². The van der Waals surface area contributed by atoms with Crippen LogP contribution in [0.4, 0.5) is 0 Å². The number of rotatable bonds is 1. The third kappa shape index (κ3) is 1.81. The first-order valence-corrected chi connectivity index (χ1v) is 6.26. The second-order valence-corrected chi connectivity index (χ2v) is 5.84. The molecule has 3 nitrogen and oxygen atoms in total. The van der Waals surface area contributed by atoms with Gasteiger partial charge in [0.15, 0.2) is 5.78 Å². The van der Waals surface area contributed by atoms with Crippen LogP contribution in [0.15, 0.2) is 11.6 Å². The Balaban J connectivity index is 2.51. The highest BCUT2D eigenvalue weighted by atomic mass is 16.5. The summed E-state index contributed by atoms with van der Waals surface area (Å²) in [6, 6.07) is 0. The molecule has 1 saturated carbocycles. The number of hydrogen-bond acceptors (Lipinski definition) is 3. The van der Waals surface area contributed by atoms with Crippen molar-refractivity contribution in [2.45, 2.75) is 46.0 Å².